The van der Waals surface area contributed by atoms with E-state index in [-0.39, 0.29) is 18.6 Å². The predicted octanol–water partition coefficient (Wildman–Crippen LogP) is 0.678. The third-order valence-electron chi connectivity index (χ3n) is 2.71. The highest BCUT2D eigenvalue weighted by molar-refractivity contribution is 6.37. The van der Waals surface area contributed by atoms with Crippen molar-refractivity contribution in [3.05, 3.63) is 0 Å². The third kappa shape index (κ3) is 2.93. The van der Waals surface area contributed by atoms with Crippen molar-refractivity contribution in [3.63, 3.8) is 0 Å². The molecule has 0 aromatic carbocycles. The molecule has 5 nitrogen and oxygen atoms in total. The minimum absolute atomic E-state index is 0.0750. The molecule has 0 bridgehead atoms. The summed E-state index contributed by atoms with van der Waals surface area (Å²) in [6.07, 6.45) is -0.345. The Bertz CT molecular complexity index is 356. The summed E-state index contributed by atoms with van der Waals surface area (Å²) >= 11 is 0. The Labute approximate surface area is 99.6 Å². The molecule has 0 amide bonds. The minimum atomic E-state index is -2.21. The number of ketones is 5. The molecule has 0 rings (SSSR count). The van der Waals surface area contributed by atoms with Crippen LogP contribution in [0.15, 0.2) is 0 Å². The van der Waals surface area contributed by atoms with Gasteiger partial charge in [-0.05, 0) is 27.7 Å². The van der Waals surface area contributed by atoms with Gasteiger partial charge in [-0.25, -0.2) is 0 Å². The summed E-state index contributed by atoms with van der Waals surface area (Å²) in [6.45, 7) is 4.40. The first-order chi connectivity index (χ1) is 7.67. The van der Waals surface area contributed by atoms with Gasteiger partial charge >= 0.3 is 0 Å². The fraction of sp³-hybridized carbons (Fsp3) is 0.583. The van der Waals surface area contributed by atoms with Crippen LogP contribution in [-0.4, -0.2) is 28.9 Å². The third-order valence-corrected chi connectivity index (χ3v) is 2.71. The van der Waals surface area contributed by atoms with Crippen molar-refractivity contribution in [2.45, 2.75) is 40.5 Å². The summed E-state index contributed by atoms with van der Waals surface area (Å²) in [5.41, 5.74) is -2.21. The van der Waals surface area contributed by atoms with Gasteiger partial charge in [-0.1, -0.05) is 0 Å². The van der Waals surface area contributed by atoms with Crippen molar-refractivity contribution in [3.8, 4) is 0 Å². The average molecular weight is 240 g/mol. The predicted molar refractivity (Wildman–Crippen MR) is 59.4 cm³/mol. The fourth-order valence-corrected chi connectivity index (χ4v) is 1.81. The molecular weight excluding hydrogens is 224 g/mol. The van der Waals surface area contributed by atoms with Crippen molar-refractivity contribution in [2.24, 2.45) is 5.41 Å². The van der Waals surface area contributed by atoms with Crippen LogP contribution in [0.4, 0.5) is 0 Å². The molecule has 0 aliphatic heterocycles. The molecule has 0 radical (unpaired) electrons. The second-order valence-corrected chi connectivity index (χ2v) is 4.04. The van der Waals surface area contributed by atoms with Crippen LogP contribution >= 0.6 is 0 Å². The minimum Gasteiger partial charge on any atom is -0.300 e. The van der Waals surface area contributed by atoms with Crippen molar-refractivity contribution in [1.29, 1.82) is 0 Å². The van der Waals surface area contributed by atoms with E-state index in [0.29, 0.717) is 0 Å². The molecular formula is C12H16O5. The summed E-state index contributed by atoms with van der Waals surface area (Å²) in [6, 6.07) is 0. The first-order valence-electron chi connectivity index (χ1n) is 5.23. The summed E-state index contributed by atoms with van der Waals surface area (Å²) < 4.78 is 0. The SMILES string of the molecule is CC(=O)CCC(=O)C(C(C)=O)(C(C)=O)C(C)=O. The van der Waals surface area contributed by atoms with Crippen LogP contribution in [0.3, 0.4) is 0 Å². The Morgan fingerprint density at radius 3 is 1.29 bits per heavy atom. The van der Waals surface area contributed by atoms with Crippen LogP contribution in [0.1, 0.15) is 40.5 Å². The molecule has 0 heterocycles. The summed E-state index contributed by atoms with van der Waals surface area (Å²) in [5, 5.41) is 0. The van der Waals surface area contributed by atoms with E-state index in [1.807, 2.05) is 0 Å². The Morgan fingerprint density at radius 1 is 0.706 bits per heavy atom. The van der Waals surface area contributed by atoms with Crippen LogP contribution < -0.4 is 0 Å². The zero-order chi connectivity index (χ0) is 13.8. The normalized spacial score (nSPS) is 10.8. The Balaban J connectivity index is 5.39. The summed E-state index contributed by atoms with van der Waals surface area (Å²) in [7, 11) is 0. The van der Waals surface area contributed by atoms with Crippen LogP contribution in [0.25, 0.3) is 0 Å². The number of Topliss-reactive ketones (excluding diaryl/α,β-unsaturated/α-hetero) is 5. The van der Waals surface area contributed by atoms with E-state index in [2.05, 4.69) is 0 Å². The molecule has 0 spiro atoms. The number of hydrogen-bond acceptors (Lipinski definition) is 5. The highest BCUT2D eigenvalue weighted by atomic mass is 16.2. The second kappa shape index (κ2) is 5.61. The van der Waals surface area contributed by atoms with E-state index in [1.165, 1.54) is 6.92 Å². The second-order valence-electron chi connectivity index (χ2n) is 4.04. The van der Waals surface area contributed by atoms with E-state index in [1.54, 1.807) is 0 Å². The quantitative estimate of drug-likeness (QED) is 0.611. The highest BCUT2D eigenvalue weighted by Gasteiger charge is 2.51. The molecule has 17 heavy (non-hydrogen) atoms. The topological polar surface area (TPSA) is 85.3 Å². The van der Waals surface area contributed by atoms with E-state index in [4.69, 9.17) is 0 Å². The van der Waals surface area contributed by atoms with Gasteiger partial charge in [0.2, 0.25) is 5.41 Å². The monoisotopic (exact) mass is 240 g/mol. The molecule has 0 unspecified atom stereocenters. The molecule has 0 N–H and O–H groups in total. The van der Waals surface area contributed by atoms with Gasteiger partial charge < -0.3 is 4.79 Å². The number of rotatable bonds is 7. The number of hydrogen-bond donors (Lipinski definition) is 0. The van der Waals surface area contributed by atoms with E-state index < -0.39 is 28.5 Å². The van der Waals surface area contributed by atoms with Gasteiger partial charge in [0.25, 0.3) is 0 Å². The van der Waals surface area contributed by atoms with Crippen molar-refractivity contribution in [2.75, 3.05) is 0 Å². The maximum atomic E-state index is 11.9. The molecule has 0 aromatic rings. The van der Waals surface area contributed by atoms with Gasteiger partial charge in [0.05, 0.1) is 0 Å². The van der Waals surface area contributed by atoms with Crippen LogP contribution in [0, 0.1) is 5.41 Å². The maximum absolute atomic E-state index is 11.9. The number of carbonyl (C=O) groups is 5. The summed E-state index contributed by atoms with van der Waals surface area (Å²) in [4.78, 5) is 57.1. The van der Waals surface area contributed by atoms with Crippen molar-refractivity contribution >= 4 is 28.9 Å². The smallest absolute Gasteiger partial charge is 0.202 e. The largest absolute Gasteiger partial charge is 0.300 e. The van der Waals surface area contributed by atoms with Gasteiger partial charge in [0.1, 0.15) is 5.78 Å². The first kappa shape index (κ1) is 15.3. The lowest BCUT2D eigenvalue weighted by molar-refractivity contribution is -0.153. The van der Waals surface area contributed by atoms with Gasteiger partial charge in [-0.15, -0.1) is 0 Å². The van der Waals surface area contributed by atoms with Crippen LogP contribution in [0.5, 0.6) is 0 Å². The lowest BCUT2D eigenvalue weighted by Crippen LogP contribution is -2.49. The van der Waals surface area contributed by atoms with Crippen molar-refractivity contribution < 1.29 is 24.0 Å². The molecule has 0 atom stereocenters. The highest BCUT2D eigenvalue weighted by Crippen LogP contribution is 2.25. The Hall–Kier alpha value is -1.65. The number of carbonyl (C=O) groups excluding carboxylic acids is 5. The summed E-state index contributed by atoms with van der Waals surface area (Å²) in [5.74, 6) is -3.38. The van der Waals surface area contributed by atoms with E-state index in [0.717, 1.165) is 20.8 Å². The van der Waals surface area contributed by atoms with Gasteiger partial charge in [-0.3, -0.25) is 19.2 Å². The molecule has 0 saturated heterocycles. The first-order valence-corrected chi connectivity index (χ1v) is 5.23. The maximum Gasteiger partial charge on any atom is 0.202 e. The van der Waals surface area contributed by atoms with Gasteiger partial charge in [0, 0.05) is 12.8 Å². The average Bonchev–Trinajstić information content (AvgIpc) is 2.13. The lowest BCUT2D eigenvalue weighted by Gasteiger charge is -2.23. The van der Waals surface area contributed by atoms with Gasteiger partial charge in [-0.2, -0.15) is 0 Å². The molecule has 0 aliphatic carbocycles. The lowest BCUT2D eigenvalue weighted by atomic mass is 9.72. The van der Waals surface area contributed by atoms with Gasteiger partial charge in [0.15, 0.2) is 23.1 Å². The van der Waals surface area contributed by atoms with Crippen molar-refractivity contribution in [1.82, 2.24) is 0 Å². The molecule has 0 fully saturated rings. The van der Waals surface area contributed by atoms with E-state index in [9.17, 15) is 24.0 Å². The molecule has 94 valence electrons. The Kier molecular flexibility index (Phi) is 5.07. The molecule has 5 heteroatoms. The molecule has 0 aromatic heterocycles. The zero-order valence-electron chi connectivity index (χ0n) is 10.5. The molecule has 0 aliphatic rings. The fourth-order valence-electron chi connectivity index (χ4n) is 1.81. The Morgan fingerprint density at radius 2 is 1.06 bits per heavy atom. The van der Waals surface area contributed by atoms with Crippen LogP contribution in [-0.2, 0) is 24.0 Å². The van der Waals surface area contributed by atoms with E-state index >= 15 is 0 Å². The standard InChI is InChI=1S/C12H16O5/c1-7(13)5-6-11(17)12(8(2)14,9(3)15)10(4)16/h5-6H2,1-4H3. The zero-order valence-corrected chi connectivity index (χ0v) is 10.5. The molecule has 0 saturated carbocycles. The van der Waals surface area contributed by atoms with Crippen LogP contribution in [0.2, 0.25) is 0 Å².